The molecule has 0 amide bonds. The van der Waals surface area contributed by atoms with Crippen LogP contribution in [0.2, 0.25) is 0 Å². The van der Waals surface area contributed by atoms with Crippen LogP contribution in [0.1, 0.15) is 10.5 Å². The molecular weight excluding hydrogens is 238 g/mol. The molecule has 0 aromatic carbocycles. The molecule has 0 aliphatic rings. The van der Waals surface area contributed by atoms with E-state index in [1.807, 2.05) is 0 Å². The summed E-state index contributed by atoms with van der Waals surface area (Å²) in [7, 11) is -2.50. The van der Waals surface area contributed by atoms with Crippen LogP contribution in [0.5, 0.6) is 11.5 Å². The van der Waals surface area contributed by atoms with E-state index in [1.54, 1.807) is 0 Å². The van der Waals surface area contributed by atoms with Gasteiger partial charge >= 0.3 is 5.97 Å². The quantitative estimate of drug-likeness (QED) is 0.766. The van der Waals surface area contributed by atoms with E-state index in [2.05, 4.69) is 9.72 Å². The minimum Gasteiger partial charge on any atom is -0.503 e. The van der Waals surface area contributed by atoms with Gasteiger partial charge < -0.3 is 14.9 Å². The zero-order valence-corrected chi connectivity index (χ0v) is 9.28. The van der Waals surface area contributed by atoms with Crippen molar-refractivity contribution in [2.24, 2.45) is 0 Å². The second-order valence-corrected chi connectivity index (χ2v) is 4.90. The molecule has 0 saturated carbocycles. The van der Waals surface area contributed by atoms with Crippen molar-refractivity contribution in [1.82, 2.24) is 4.98 Å². The summed E-state index contributed by atoms with van der Waals surface area (Å²) < 4.78 is 27.0. The van der Waals surface area contributed by atoms with E-state index in [1.165, 1.54) is 7.11 Å². The third-order valence-corrected chi connectivity index (χ3v) is 2.71. The van der Waals surface area contributed by atoms with E-state index in [4.69, 9.17) is 5.11 Å². The van der Waals surface area contributed by atoms with Crippen molar-refractivity contribution in [3.63, 3.8) is 0 Å². The maximum absolute atomic E-state index is 11.2. The first-order chi connectivity index (χ1) is 7.27. The molecule has 1 aromatic rings. The highest BCUT2D eigenvalue weighted by Gasteiger charge is 2.21. The summed E-state index contributed by atoms with van der Waals surface area (Å²) in [5.41, 5.74) is -0.764. The normalized spacial score (nSPS) is 11.1. The number of rotatable bonds is 3. The molecule has 16 heavy (non-hydrogen) atoms. The first kappa shape index (κ1) is 12.2. The molecule has 0 spiro atoms. The van der Waals surface area contributed by atoms with E-state index in [9.17, 15) is 18.3 Å². The number of hydrogen-bond acceptors (Lipinski definition) is 6. The van der Waals surface area contributed by atoms with E-state index >= 15 is 0 Å². The Morgan fingerprint density at radius 2 is 2.06 bits per heavy atom. The number of aromatic carboxylic acids is 1. The van der Waals surface area contributed by atoms with Gasteiger partial charge in [-0.15, -0.1) is 0 Å². The van der Waals surface area contributed by atoms with Crippen molar-refractivity contribution in [3.8, 4) is 11.5 Å². The standard InChI is InChI=1S/C8H9NO6S/c1-15-4-3-5(16(2,13)14)9-6(7(4)10)8(11)12/h3,10H,1-2H3,(H,11,12). The predicted molar refractivity (Wildman–Crippen MR) is 52.5 cm³/mol. The van der Waals surface area contributed by atoms with Crippen LogP contribution in [0.25, 0.3) is 0 Å². The number of carboxylic acid groups (broad SMARTS) is 1. The zero-order chi connectivity index (χ0) is 12.5. The number of aromatic nitrogens is 1. The number of carboxylic acids is 1. The first-order valence-electron chi connectivity index (χ1n) is 3.98. The van der Waals surface area contributed by atoms with Crippen LogP contribution in [0.3, 0.4) is 0 Å². The number of aromatic hydroxyl groups is 1. The predicted octanol–water partition coefficient (Wildman–Crippen LogP) is -0.103. The molecule has 0 atom stereocenters. The van der Waals surface area contributed by atoms with Gasteiger partial charge in [-0.2, -0.15) is 0 Å². The van der Waals surface area contributed by atoms with Crippen molar-refractivity contribution in [3.05, 3.63) is 11.8 Å². The summed E-state index contributed by atoms with van der Waals surface area (Å²) in [6, 6.07) is 0.955. The summed E-state index contributed by atoms with van der Waals surface area (Å²) in [5, 5.41) is 17.6. The number of pyridine rings is 1. The fourth-order valence-corrected chi connectivity index (χ4v) is 1.57. The minimum atomic E-state index is -3.67. The highest BCUT2D eigenvalue weighted by molar-refractivity contribution is 7.90. The number of ether oxygens (including phenoxy) is 1. The number of carbonyl (C=O) groups is 1. The Balaban J connectivity index is 3.59. The molecule has 0 aliphatic carbocycles. The van der Waals surface area contributed by atoms with Gasteiger partial charge in [-0.3, -0.25) is 0 Å². The number of nitrogens with zero attached hydrogens (tertiary/aromatic N) is 1. The highest BCUT2D eigenvalue weighted by Crippen LogP contribution is 2.30. The molecule has 2 N–H and O–H groups in total. The Morgan fingerprint density at radius 3 is 2.44 bits per heavy atom. The summed E-state index contributed by atoms with van der Waals surface area (Å²) in [6.07, 6.45) is 0.872. The number of methoxy groups -OCH3 is 1. The van der Waals surface area contributed by atoms with Crippen molar-refractivity contribution in [1.29, 1.82) is 0 Å². The first-order valence-corrected chi connectivity index (χ1v) is 5.88. The van der Waals surface area contributed by atoms with Crippen LogP contribution >= 0.6 is 0 Å². The van der Waals surface area contributed by atoms with Gasteiger partial charge in [0.15, 0.2) is 32.1 Å². The van der Waals surface area contributed by atoms with E-state index < -0.39 is 32.3 Å². The largest absolute Gasteiger partial charge is 0.503 e. The van der Waals surface area contributed by atoms with Crippen LogP contribution < -0.4 is 4.74 Å². The van der Waals surface area contributed by atoms with Gasteiger partial charge in [0.05, 0.1) is 7.11 Å². The molecule has 88 valence electrons. The lowest BCUT2D eigenvalue weighted by Crippen LogP contribution is -2.08. The van der Waals surface area contributed by atoms with Crippen LogP contribution in [0.4, 0.5) is 0 Å². The van der Waals surface area contributed by atoms with Gasteiger partial charge in [-0.05, 0) is 0 Å². The zero-order valence-electron chi connectivity index (χ0n) is 8.46. The summed E-state index contributed by atoms with van der Waals surface area (Å²) in [6.45, 7) is 0. The van der Waals surface area contributed by atoms with E-state index in [-0.39, 0.29) is 5.75 Å². The molecule has 0 radical (unpaired) electrons. The smallest absolute Gasteiger partial charge is 0.358 e. The maximum atomic E-state index is 11.2. The molecular formula is C8H9NO6S. The lowest BCUT2D eigenvalue weighted by atomic mass is 10.3. The van der Waals surface area contributed by atoms with Crippen molar-refractivity contribution >= 4 is 15.8 Å². The monoisotopic (exact) mass is 247 g/mol. The van der Waals surface area contributed by atoms with E-state index in [0.29, 0.717) is 0 Å². The lowest BCUT2D eigenvalue weighted by molar-refractivity contribution is 0.0685. The van der Waals surface area contributed by atoms with Crippen molar-refractivity contribution in [2.75, 3.05) is 13.4 Å². The van der Waals surface area contributed by atoms with Gasteiger partial charge in [-0.25, -0.2) is 18.2 Å². The van der Waals surface area contributed by atoms with Crippen LogP contribution in [0.15, 0.2) is 11.1 Å². The topological polar surface area (TPSA) is 114 Å². The lowest BCUT2D eigenvalue weighted by Gasteiger charge is -2.07. The second kappa shape index (κ2) is 3.97. The van der Waals surface area contributed by atoms with Gasteiger partial charge in [0, 0.05) is 12.3 Å². The Hall–Kier alpha value is -1.83. The molecule has 0 bridgehead atoms. The number of hydrogen-bond donors (Lipinski definition) is 2. The summed E-state index contributed by atoms with van der Waals surface area (Å²) >= 11 is 0. The van der Waals surface area contributed by atoms with Crippen molar-refractivity contribution < 1.29 is 28.2 Å². The molecule has 0 aliphatic heterocycles. The summed E-state index contributed by atoms with van der Waals surface area (Å²) in [4.78, 5) is 14.0. The Kier molecular flexibility index (Phi) is 3.04. The molecule has 8 heteroatoms. The Morgan fingerprint density at radius 1 is 1.50 bits per heavy atom. The van der Waals surface area contributed by atoms with Crippen LogP contribution in [0, 0.1) is 0 Å². The third-order valence-electron chi connectivity index (χ3n) is 1.74. The third kappa shape index (κ3) is 2.22. The van der Waals surface area contributed by atoms with Crippen molar-refractivity contribution in [2.45, 2.75) is 5.03 Å². The summed E-state index contributed by atoms with van der Waals surface area (Å²) in [5.74, 6) is -2.50. The Bertz CT molecular complexity index is 536. The van der Waals surface area contributed by atoms with Gasteiger partial charge in [0.25, 0.3) is 0 Å². The van der Waals surface area contributed by atoms with Crippen LogP contribution in [-0.4, -0.2) is 42.9 Å². The molecule has 0 unspecified atom stereocenters. The Labute approximate surface area is 91.2 Å². The average Bonchev–Trinajstić information content (AvgIpc) is 2.15. The fraction of sp³-hybridized carbons (Fsp3) is 0.250. The van der Waals surface area contributed by atoms with E-state index in [0.717, 1.165) is 12.3 Å². The van der Waals surface area contributed by atoms with Gasteiger partial charge in [0.1, 0.15) is 0 Å². The second-order valence-electron chi connectivity index (χ2n) is 2.94. The fourth-order valence-electron chi connectivity index (χ4n) is 0.987. The number of sulfone groups is 1. The molecule has 1 aromatic heterocycles. The minimum absolute atomic E-state index is 0.257. The average molecular weight is 247 g/mol. The maximum Gasteiger partial charge on any atom is 0.358 e. The molecule has 1 heterocycles. The molecule has 7 nitrogen and oxygen atoms in total. The molecule has 0 fully saturated rings. The van der Waals surface area contributed by atoms with Gasteiger partial charge in [0.2, 0.25) is 0 Å². The molecule has 1 rings (SSSR count). The molecule has 0 saturated heterocycles. The SMILES string of the molecule is COc1cc(S(C)(=O)=O)nc(C(=O)O)c1O. The van der Waals surface area contributed by atoms with Gasteiger partial charge in [-0.1, -0.05) is 0 Å². The van der Waals surface area contributed by atoms with Crippen LogP contribution in [-0.2, 0) is 9.84 Å². The highest BCUT2D eigenvalue weighted by atomic mass is 32.2.